The number of amides is 2. The van der Waals surface area contributed by atoms with Crippen molar-refractivity contribution < 1.29 is 9.59 Å². The van der Waals surface area contributed by atoms with Crippen LogP contribution in [0.5, 0.6) is 0 Å². The van der Waals surface area contributed by atoms with Gasteiger partial charge in [0.15, 0.2) is 0 Å². The molecule has 1 aromatic heterocycles. The fraction of sp³-hybridized carbons (Fsp3) is 0.316. The normalized spacial score (nSPS) is 10.7. The second-order valence-corrected chi connectivity index (χ2v) is 5.90. The van der Waals surface area contributed by atoms with Crippen LogP contribution in [0.3, 0.4) is 0 Å². The Hall–Kier alpha value is -2.15. The molecule has 2 aromatic rings. The number of hydrogen-bond donors (Lipinski definition) is 2. The third kappa shape index (κ3) is 8.86. The highest BCUT2D eigenvalue weighted by Gasteiger charge is 2.16. The van der Waals surface area contributed by atoms with Crippen molar-refractivity contribution in [3.05, 3.63) is 66.0 Å². The molecule has 1 heterocycles. The van der Waals surface area contributed by atoms with Gasteiger partial charge in [0.25, 0.3) is 0 Å². The molecule has 3 N–H and O–H groups in total. The molecule has 1 atom stereocenters. The SMILES string of the molecule is CN(CCc1ccccn1)C(=O)CNC(=O)C(N)Cc1ccccc1.Cl.Cl. The topological polar surface area (TPSA) is 88.3 Å². The van der Waals surface area contributed by atoms with Crippen molar-refractivity contribution in [2.24, 2.45) is 5.73 Å². The number of carbonyl (C=O) groups excluding carboxylic acids is 2. The summed E-state index contributed by atoms with van der Waals surface area (Å²) in [6.45, 7) is 0.488. The van der Waals surface area contributed by atoms with Crippen LogP contribution >= 0.6 is 24.8 Å². The number of pyridine rings is 1. The summed E-state index contributed by atoms with van der Waals surface area (Å²) < 4.78 is 0. The number of nitrogens with one attached hydrogen (secondary N) is 1. The first kappa shape index (κ1) is 24.8. The summed E-state index contributed by atoms with van der Waals surface area (Å²) in [5.41, 5.74) is 7.82. The molecule has 0 saturated heterocycles. The maximum absolute atomic E-state index is 12.1. The molecule has 6 nitrogen and oxygen atoms in total. The molecule has 0 spiro atoms. The molecule has 8 heteroatoms. The Morgan fingerprint density at radius 2 is 1.78 bits per heavy atom. The molecule has 0 aliphatic carbocycles. The van der Waals surface area contributed by atoms with Gasteiger partial charge in [-0.05, 0) is 24.1 Å². The van der Waals surface area contributed by atoms with Crippen molar-refractivity contribution in [1.82, 2.24) is 15.2 Å². The number of carbonyl (C=O) groups is 2. The van der Waals surface area contributed by atoms with Gasteiger partial charge in [-0.1, -0.05) is 36.4 Å². The van der Waals surface area contributed by atoms with Crippen LogP contribution in [-0.2, 0) is 22.4 Å². The fourth-order valence-corrected chi connectivity index (χ4v) is 2.34. The number of nitrogens with zero attached hydrogens (tertiary/aromatic N) is 2. The Bertz CT molecular complexity index is 687. The van der Waals surface area contributed by atoms with E-state index in [0.717, 1.165) is 11.3 Å². The van der Waals surface area contributed by atoms with Crippen molar-refractivity contribution >= 4 is 36.6 Å². The summed E-state index contributed by atoms with van der Waals surface area (Å²) in [4.78, 5) is 29.9. The second kappa shape index (κ2) is 13.1. The van der Waals surface area contributed by atoms with E-state index in [-0.39, 0.29) is 43.2 Å². The number of halogens is 2. The highest BCUT2D eigenvalue weighted by molar-refractivity contribution is 5.87. The molecule has 0 aliphatic heterocycles. The van der Waals surface area contributed by atoms with Crippen LogP contribution < -0.4 is 11.1 Å². The van der Waals surface area contributed by atoms with E-state index < -0.39 is 6.04 Å². The van der Waals surface area contributed by atoms with Crippen molar-refractivity contribution in [2.45, 2.75) is 18.9 Å². The Morgan fingerprint density at radius 3 is 2.41 bits per heavy atom. The predicted molar refractivity (Wildman–Crippen MR) is 111 cm³/mol. The van der Waals surface area contributed by atoms with Gasteiger partial charge in [-0.2, -0.15) is 0 Å². The van der Waals surface area contributed by atoms with Crippen molar-refractivity contribution in [2.75, 3.05) is 20.1 Å². The lowest BCUT2D eigenvalue weighted by molar-refractivity contribution is -0.132. The minimum absolute atomic E-state index is 0. The lowest BCUT2D eigenvalue weighted by Crippen LogP contribution is -2.46. The monoisotopic (exact) mass is 412 g/mol. The second-order valence-electron chi connectivity index (χ2n) is 5.90. The first-order valence-corrected chi connectivity index (χ1v) is 8.27. The zero-order valence-electron chi connectivity index (χ0n) is 15.2. The van der Waals surface area contributed by atoms with Crippen LogP contribution in [-0.4, -0.2) is 47.9 Å². The van der Waals surface area contributed by atoms with E-state index in [2.05, 4.69) is 10.3 Å². The Balaban J connectivity index is 0.00000338. The average molecular weight is 413 g/mol. The molecular formula is C19H26Cl2N4O2. The van der Waals surface area contributed by atoms with E-state index >= 15 is 0 Å². The van der Waals surface area contributed by atoms with E-state index in [1.54, 1.807) is 18.1 Å². The van der Waals surface area contributed by atoms with Gasteiger partial charge in [0.05, 0.1) is 12.6 Å². The number of benzene rings is 1. The zero-order valence-corrected chi connectivity index (χ0v) is 16.8. The zero-order chi connectivity index (χ0) is 18.1. The molecule has 0 fully saturated rings. The van der Waals surface area contributed by atoms with E-state index in [1.807, 2.05) is 48.5 Å². The third-order valence-electron chi connectivity index (χ3n) is 3.90. The van der Waals surface area contributed by atoms with E-state index in [0.29, 0.717) is 19.4 Å². The van der Waals surface area contributed by atoms with Gasteiger partial charge in [-0.3, -0.25) is 14.6 Å². The van der Waals surface area contributed by atoms with Gasteiger partial charge >= 0.3 is 0 Å². The third-order valence-corrected chi connectivity index (χ3v) is 3.90. The molecule has 0 radical (unpaired) electrons. The quantitative estimate of drug-likeness (QED) is 0.689. The summed E-state index contributed by atoms with van der Waals surface area (Å²) in [5.74, 6) is -0.480. The predicted octanol–water partition coefficient (Wildman–Crippen LogP) is 1.61. The molecular weight excluding hydrogens is 387 g/mol. The summed E-state index contributed by atoms with van der Waals surface area (Å²) >= 11 is 0. The maximum Gasteiger partial charge on any atom is 0.241 e. The molecule has 0 bridgehead atoms. The van der Waals surface area contributed by atoms with Gasteiger partial charge in [0.2, 0.25) is 11.8 Å². The van der Waals surface area contributed by atoms with Crippen LogP contribution in [0.4, 0.5) is 0 Å². The van der Waals surface area contributed by atoms with Gasteiger partial charge in [0, 0.05) is 31.9 Å². The first-order valence-electron chi connectivity index (χ1n) is 8.27. The summed E-state index contributed by atoms with van der Waals surface area (Å²) in [5, 5.41) is 2.61. The van der Waals surface area contributed by atoms with Crippen LogP contribution in [0.15, 0.2) is 54.7 Å². The van der Waals surface area contributed by atoms with Gasteiger partial charge in [0.1, 0.15) is 0 Å². The number of nitrogens with two attached hydrogens (primary N) is 1. The smallest absolute Gasteiger partial charge is 0.241 e. The molecule has 1 aromatic carbocycles. The van der Waals surface area contributed by atoms with Gasteiger partial charge in [-0.15, -0.1) is 24.8 Å². The number of aromatic nitrogens is 1. The average Bonchev–Trinajstić information content (AvgIpc) is 2.65. The van der Waals surface area contributed by atoms with Crippen LogP contribution in [0, 0.1) is 0 Å². The standard InChI is InChI=1S/C19H24N4O2.2ClH/c1-23(12-10-16-9-5-6-11-21-16)18(24)14-22-19(25)17(20)13-15-7-3-2-4-8-15;;/h2-9,11,17H,10,12-14,20H2,1H3,(H,22,25);2*1H. The minimum atomic E-state index is -0.672. The summed E-state index contributed by atoms with van der Waals surface area (Å²) in [7, 11) is 1.71. The maximum atomic E-state index is 12.1. The molecule has 2 amide bonds. The fourth-order valence-electron chi connectivity index (χ4n) is 2.34. The lowest BCUT2D eigenvalue weighted by Gasteiger charge is -2.18. The molecule has 2 rings (SSSR count). The number of rotatable bonds is 8. The van der Waals surface area contributed by atoms with E-state index in [9.17, 15) is 9.59 Å². The van der Waals surface area contributed by atoms with Gasteiger partial charge in [-0.25, -0.2) is 0 Å². The molecule has 1 unspecified atom stereocenters. The van der Waals surface area contributed by atoms with Gasteiger partial charge < -0.3 is 16.0 Å². The highest BCUT2D eigenvalue weighted by atomic mass is 35.5. The van der Waals surface area contributed by atoms with Crippen molar-refractivity contribution in [3.63, 3.8) is 0 Å². The van der Waals surface area contributed by atoms with Crippen molar-refractivity contribution in [1.29, 1.82) is 0 Å². The Morgan fingerprint density at radius 1 is 1.11 bits per heavy atom. The number of likely N-dealkylation sites (N-methyl/N-ethyl adjacent to an activating group) is 1. The highest BCUT2D eigenvalue weighted by Crippen LogP contribution is 2.02. The first-order chi connectivity index (χ1) is 12.1. The molecule has 0 aliphatic rings. The number of hydrogen-bond acceptors (Lipinski definition) is 4. The summed E-state index contributed by atoms with van der Waals surface area (Å²) in [6.07, 6.45) is 2.84. The van der Waals surface area contributed by atoms with Crippen molar-refractivity contribution in [3.8, 4) is 0 Å². The molecule has 0 saturated carbocycles. The largest absolute Gasteiger partial charge is 0.346 e. The Labute approximate surface area is 172 Å². The summed E-state index contributed by atoms with van der Waals surface area (Å²) in [6, 6.07) is 14.6. The lowest BCUT2D eigenvalue weighted by atomic mass is 10.1. The van der Waals surface area contributed by atoms with Crippen LogP contribution in [0.2, 0.25) is 0 Å². The Kier molecular flexibility index (Phi) is 12.0. The molecule has 27 heavy (non-hydrogen) atoms. The minimum Gasteiger partial charge on any atom is -0.346 e. The van der Waals surface area contributed by atoms with E-state index in [1.165, 1.54) is 0 Å². The molecule has 148 valence electrons. The van der Waals surface area contributed by atoms with Crippen LogP contribution in [0.1, 0.15) is 11.3 Å². The van der Waals surface area contributed by atoms with Crippen LogP contribution in [0.25, 0.3) is 0 Å². The van der Waals surface area contributed by atoms with E-state index in [4.69, 9.17) is 5.73 Å².